The van der Waals surface area contributed by atoms with Crippen molar-refractivity contribution in [3.8, 4) is 0 Å². The van der Waals surface area contributed by atoms with E-state index in [0.717, 1.165) is 17.0 Å². The summed E-state index contributed by atoms with van der Waals surface area (Å²) >= 11 is 13.6. The van der Waals surface area contributed by atoms with Crippen LogP contribution in [-0.2, 0) is 13.5 Å². The number of thiophene rings is 1. The number of rotatable bonds is 3. The van der Waals surface area contributed by atoms with E-state index in [0.29, 0.717) is 14.9 Å². The molecule has 18 heavy (non-hydrogen) atoms. The molecular weight excluding hydrogens is 291 g/mol. The van der Waals surface area contributed by atoms with Crippen molar-refractivity contribution in [2.75, 3.05) is 0 Å². The fourth-order valence-electron chi connectivity index (χ4n) is 1.72. The molecule has 0 aliphatic rings. The minimum Gasteiger partial charge on any atom is -0.293 e. The van der Waals surface area contributed by atoms with Gasteiger partial charge in [0.1, 0.15) is 0 Å². The lowest BCUT2D eigenvalue weighted by atomic mass is 10.1. The Labute approximate surface area is 119 Å². The second-order valence-electron chi connectivity index (χ2n) is 4.13. The Morgan fingerprint density at radius 2 is 2.06 bits per heavy atom. The molecule has 96 valence electrons. The van der Waals surface area contributed by atoms with Gasteiger partial charge >= 0.3 is 0 Å². The van der Waals surface area contributed by atoms with E-state index < -0.39 is 0 Å². The predicted octanol–water partition coefficient (Wildman–Crippen LogP) is 3.83. The molecule has 0 atom stereocenters. The molecule has 2 heterocycles. The Morgan fingerprint density at radius 3 is 2.50 bits per heavy atom. The molecule has 0 amide bonds. The molecule has 2 aromatic rings. The van der Waals surface area contributed by atoms with Crippen molar-refractivity contribution < 1.29 is 4.79 Å². The van der Waals surface area contributed by atoms with Gasteiger partial charge < -0.3 is 0 Å². The van der Waals surface area contributed by atoms with E-state index in [1.165, 1.54) is 11.3 Å². The standard InChI is InChI=1S/C12H12Cl2N2OS/c1-6-5-18-12(10(6)13)9(17)4-8-11(14)7(2)15-16(8)3/h5H,4H2,1-3H3. The van der Waals surface area contributed by atoms with Crippen LogP contribution in [0, 0.1) is 13.8 Å². The minimum atomic E-state index is -0.0250. The fourth-order valence-corrected chi connectivity index (χ4v) is 3.19. The smallest absolute Gasteiger partial charge is 0.180 e. The lowest BCUT2D eigenvalue weighted by Crippen LogP contribution is -2.07. The maximum atomic E-state index is 12.2. The first-order valence-electron chi connectivity index (χ1n) is 5.36. The highest BCUT2D eigenvalue weighted by molar-refractivity contribution is 7.13. The highest BCUT2D eigenvalue weighted by Gasteiger charge is 2.19. The fraction of sp³-hybridized carbons (Fsp3) is 0.333. The molecular formula is C12H12Cl2N2OS. The van der Waals surface area contributed by atoms with Crippen molar-refractivity contribution >= 4 is 40.3 Å². The topological polar surface area (TPSA) is 34.9 Å². The summed E-state index contributed by atoms with van der Waals surface area (Å²) in [5.74, 6) is -0.0250. The van der Waals surface area contributed by atoms with Crippen LogP contribution in [-0.4, -0.2) is 15.6 Å². The van der Waals surface area contributed by atoms with Crippen LogP contribution in [0.4, 0.5) is 0 Å². The van der Waals surface area contributed by atoms with E-state index in [1.54, 1.807) is 11.7 Å². The summed E-state index contributed by atoms with van der Waals surface area (Å²) in [6.07, 6.45) is 0.218. The number of Topliss-reactive ketones (excluding diaryl/α,β-unsaturated/α-hetero) is 1. The number of carbonyl (C=O) groups is 1. The number of aryl methyl sites for hydroxylation is 3. The Hall–Kier alpha value is -0.840. The monoisotopic (exact) mass is 302 g/mol. The summed E-state index contributed by atoms with van der Waals surface area (Å²) in [7, 11) is 1.78. The second kappa shape index (κ2) is 5.03. The van der Waals surface area contributed by atoms with Crippen LogP contribution in [0.5, 0.6) is 0 Å². The molecule has 0 aromatic carbocycles. The van der Waals surface area contributed by atoms with Crippen molar-refractivity contribution in [1.82, 2.24) is 9.78 Å². The molecule has 0 aliphatic carbocycles. The Balaban J connectivity index is 2.30. The highest BCUT2D eigenvalue weighted by atomic mass is 35.5. The third kappa shape index (κ3) is 2.32. The van der Waals surface area contributed by atoms with E-state index in [2.05, 4.69) is 5.10 Å². The van der Waals surface area contributed by atoms with Gasteiger partial charge in [0.05, 0.1) is 32.7 Å². The molecule has 3 nitrogen and oxygen atoms in total. The first kappa shape index (κ1) is 13.6. The third-order valence-electron chi connectivity index (χ3n) is 2.74. The molecule has 0 fully saturated rings. The average molecular weight is 303 g/mol. The van der Waals surface area contributed by atoms with Gasteiger partial charge in [-0.2, -0.15) is 5.10 Å². The summed E-state index contributed by atoms with van der Waals surface area (Å²) in [5, 5.41) is 7.16. The third-order valence-corrected chi connectivity index (χ3v) is 4.97. The van der Waals surface area contributed by atoms with Gasteiger partial charge in [-0.15, -0.1) is 11.3 Å². The van der Waals surface area contributed by atoms with Crippen LogP contribution >= 0.6 is 34.5 Å². The Morgan fingerprint density at radius 1 is 1.39 bits per heavy atom. The van der Waals surface area contributed by atoms with Crippen LogP contribution in [0.2, 0.25) is 10.0 Å². The molecule has 0 aliphatic heterocycles. The van der Waals surface area contributed by atoms with Gasteiger partial charge in [-0.25, -0.2) is 0 Å². The zero-order chi connectivity index (χ0) is 13.4. The number of halogens is 2. The maximum absolute atomic E-state index is 12.2. The van der Waals surface area contributed by atoms with E-state index >= 15 is 0 Å². The van der Waals surface area contributed by atoms with Crippen molar-refractivity contribution in [1.29, 1.82) is 0 Å². The van der Waals surface area contributed by atoms with Crippen molar-refractivity contribution in [2.24, 2.45) is 7.05 Å². The molecule has 6 heteroatoms. The summed E-state index contributed by atoms with van der Waals surface area (Å²) in [4.78, 5) is 12.8. The summed E-state index contributed by atoms with van der Waals surface area (Å²) in [6.45, 7) is 3.70. The quantitative estimate of drug-likeness (QED) is 0.808. The van der Waals surface area contributed by atoms with Crippen LogP contribution < -0.4 is 0 Å². The van der Waals surface area contributed by atoms with Gasteiger partial charge in [-0.05, 0) is 24.8 Å². The Bertz CT molecular complexity index is 616. The van der Waals surface area contributed by atoms with Gasteiger partial charge in [-0.3, -0.25) is 9.48 Å². The highest BCUT2D eigenvalue weighted by Crippen LogP contribution is 2.29. The lowest BCUT2D eigenvalue weighted by molar-refractivity contribution is 0.0994. The van der Waals surface area contributed by atoms with Crippen LogP contribution in [0.3, 0.4) is 0 Å². The SMILES string of the molecule is Cc1csc(C(=O)Cc2c(Cl)c(C)nn2C)c1Cl. The molecule has 0 spiro atoms. The molecule has 0 saturated carbocycles. The summed E-state index contributed by atoms with van der Waals surface area (Å²) < 4.78 is 1.64. The normalized spacial score (nSPS) is 10.9. The number of aromatic nitrogens is 2. The van der Waals surface area contributed by atoms with Gasteiger partial charge in [-0.1, -0.05) is 23.2 Å². The molecule has 0 unspecified atom stereocenters. The molecule has 2 rings (SSSR count). The van der Waals surface area contributed by atoms with E-state index in [9.17, 15) is 4.79 Å². The van der Waals surface area contributed by atoms with Crippen LogP contribution in [0.15, 0.2) is 5.38 Å². The molecule has 2 aromatic heterocycles. The van der Waals surface area contributed by atoms with E-state index in [4.69, 9.17) is 23.2 Å². The zero-order valence-corrected chi connectivity index (χ0v) is 12.6. The maximum Gasteiger partial charge on any atom is 0.180 e. The second-order valence-corrected chi connectivity index (χ2v) is 5.77. The van der Waals surface area contributed by atoms with Gasteiger partial charge in [0.15, 0.2) is 5.78 Å². The van der Waals surface area contributed by atoms with E-state index in [1.807, 2.05) is 19.2 Å². The number of hydrogen-bond donors (Lipinski definition) is 0. The van der Waals surface area contributed by atoms with Crippen LogP contribution in [0.1, 0.15) is 26.6 Å². The van der Waals surface area contributed by atoms with Crippen molar-refractivity contribution in [2.45, 2.75) is 20.3 Å². The predicted molar refractivity (Wildman–Crippen MR) is 75.1 cm³/mol. The zero-order valence-electron chi connectivity index (χ0n) is 10.3. The first-order chi connectivity index (χ1) is 8.41. The molecule has 0 bridgehead atoms. The lowest BCUT2D eigenvalue weighted by Gasteiger charge is -2.01. The summed E-state index contributed by atoms with van der Waals surface area (Å²) in [5.41, 5.74) is 2.38. The average Bonchev–Trinajstić information content (AvgIpc) is 2.75. The first-order valence-corrected chi connectivity index (χ1v) is 7.00. The Kier molecular flexibility index (Phi) is 3.80. The summed E-state index contributed by atoms with van der Waals surface area (Å²) in [6, 6.07) is 0. The molecule has 0 radical (unpaired) electrons. The number of carbonyl (C=O) groups excluding carboxylic acids is 1. The van der Waals surface area contributed by atoms with Crippen molar-refractivity contribution in [3.63, 3.8) is 0 Å². The van der Waals surface area contributed by atoms with Gasteiger partial charge in [0.2, 0.25) is 0 Å². The molecule has 0 N–H and O–H groups in total. The van der Waals surface area contributed by atoms with E-state index in [-0.39, 0.29) is 12.2 Å². The van der Waals surface area contributed by atoms with Crippen LogP contribution in [0.25, 0.3) is 0 Å². The van der Waals surface area contributed by atoms with Gasteiger partial charge in [0, 0.05) is 7.05 Å². The largest absolute Gasteiger partial charge is 0.293 e. The number of nitrogens with zero attached hydrogens (tertiary/aromatic N) is 2. The number of hydrogen-bond acceptors (Lipinski definition) is 3. The minimum absolute atomic E-state index is 0.0250. The van der Waals surface area contributed by atoms with Crippen molar-refractivity contribution in [3.05, 3.63) is 37.3 Å². The van der Waals surface area contributed by atoms with Gasteiger partial charge in [0.25, 0.3) is 0 Å². The molecule has 0 saturated heterocycles. The number of ketones is 1.